The molecule has 0 atom stereocenters. The zero-order chi connectivity index (χ0) is 76.2. The van der Waals surface area contributed by atoms with Gasteiger partial charge >= 0.3 is 22.5 Å². The quantitative estimate of drug-likeness (QED) is 0.0724. The molecule has 0 bridgehead atoms. The van der Waals surface area contributed by atoms with Gasteiger partial charge in [-0.2, -0.15) is 0 Å². The Labute approximate surface area is 638 Å². The lowest BCUT2D eigenvalue weighted by molar-refractivity contribution is -0.385. The topological polar surface area (TPSA) is 257 Å². The molecule has 7 aromatic carbocycles. The minimum Gasteiger partial charge on any atom is -0.366 e. The summed E-state index contributed by atoms with van der Waals surface area (Å²) < 4.78 is 58.3. The number of aryl methyl sites for hydroxylation is 1. The summed E-state index contributed by atoms with van der Waals surface area (Å²) in [5, 5.41) is 31.0. The van der Waals surface area contributed by atoms with Crippen molar-refractivity contribution in [2.45, 2.75) is 22.9 Å². The molecule has 0 radical (unpaired) electrons. The highest BCUT2D eigenvalue weighted by Crippen LogP contribution is 2.40. The van der Waals surface area contributed by atoms with Crippen molar-refractivity contribution in [2.75, 3.05) is 93.2 Å². The molecule has 3 aliphatic heterocycles. The second kappa shape index (κ2) is 32.1. The van der Waals surface area contributed by atoms with Gasteiger partial charge in [0.1, 0.15) is 23.0 Å². The van der Waals surface area contributed by atoms with E-state index >= 15 is 0 Å². The molecular weight excluding hydrogens is 1510 g/mol. The first-order valence-electron chi connectivity index (χ1n) is 33.8. The van der Waals surface area contributed by atoms with Crippen molar-refractivity contribution in [3.8, 4) is 0 Å². The first-order valence-corrected chi connectivity index (χ1v) is 38.2. The van der Waals surface area contributed by atoms with E-state index in [1.54, 1.807) is 123 Å². The Morgan fingerprint density at radius 1 is 0.444 bits per heavy atom. The molecule has 0 unspecified atom stereocenters. The number of sulfone groups is 1. The molecular formula is C77H64Cl3F2N11O12S3. The van der Waals surface area contributed by atoms with Crippen LogP contribution in [0.3, 0.4) is 0 Å². The van der Waals surface area contributed by atoms with Crippen LogP contribution in [0, 0.1) is 31.9 Å². The number of anilines is 3. The van der Waals surface area contributed by atoms with Crippen molar-refractivity contribution in [3.63, 3.8) is 0 Å². The van der Waals surface area contributed by atoms with E-state index in [0.29, 0.717) is 145 Å². The molecule has 5 aromatic heterocycles. The van der Waals surface area contributed by atoms with Gasteiger partial charge in [0, 0.05) is 122 Å². The molecule has 552 valence electrons. The van der Waals surface area contributed by atoms with Crippen LogP contribution in [0.15, 0.2) is 223 Å². The summed E-state index contributed by atoms with van der Waals surface area (Å²) in [6.07, 6.45) is 0. The number of nitro groups is 2. The molecule has 12 aromatic rings. The summed E-state index contributed by atoms with van der Waals surface area (Å²) in [6.45, 7) is 4.28. The number of aromatic nitrogens is 3. The minimum absolute atomic E-state index is 0.0156. The van der Waals surface area contributed by atoms with E-state index in [1.165, 1.54) is 97.0 Å². The third-order valence-electron chi connectivity index (χ3n) is 19.0. The number of para-hydroxylation sites is 1. The van der Waals surface area contributed by atoms with E-state index in [0.717, 1.165) is 0 Å². The maximum atomic E-state index is 13.7. The highest BCUT2D eigenvalue weighted by atomic mass is 35.5. The molecule has 8 heterocycles. The van der Waals surface area contributed by atoms with Crippen LogP contribution in [0.1, 0.15) is 40.8 Å². The Hall–Kier alpha value is -11.1. The third kappa shape index (κ3) is 15.5. The fourth-order valence-corrected chi connectivity index (χ4v) is 17.1. The van der Waals surface area contributed by atoms with Crippen LogP contribution in [0.5, 0.6) is 0 Å². The van der Waals surface area contributed by atoms with Gasteiger partial charge in [0.25, 0.3) is 23.3 Å². The van der Waals surface area contributed by atoms with Crippen molar-refractivity contribution in [1.82, 2.24) is 28.4 Å². The lowest BCUT2D eigenvalue weighted by Gasteiger charge is -2.37. The Morgan fingerprint density at radius 2 is 0.843 bits per heavy atom. The molecule has 0 aliphatic carbocycles. The van der Waals surface area contributed by atoms with Crippen molar-refractivity contribution >= 4 is 146 Å². The number of amides is 3. The van der Waals surface area contributed by atoms with Gasteiger partial charge in [0.2, 0.25) is 9.84 Å². The van der Waals surface area contributed by atoms with Crippen LogP contribution in [0.25, 0.3) is 32.7 Å². The molecule has 0 N–H and O–H groups in total. The Bertz CT molecular complexity index is 5760. The van der Waals surface area contributed by atoms with Crippen LogP contribution >= 0.6 is 57.5 Å². The molecule has 3 fully saturated rings. The average Bonchev–Trinajstić information content (AvgIpc) is 0.776. The van der Waals surface area contributed by atoms with Crippen LogP contribution in [0.2, 0.25) is 15.1 Å². The van der Waals surface area contributed by atoms with Gasteiger partial charge in [-0.05, 0) is 137 Å². The van der Waals surface area contributed by atoms with Gasteiger partial charge in [-0.3, -0.25) is 58.1 Å². The van der Waals surface area contributed by atoms with Crippen molar-refractivity contribution in [1.29, 1.82) is 0 Å². The molecule has 15 rings (SSSR count). The molecule has 3 amide bonds. The largest absolute Gasteiger partial charge is 0.366 e. The van der Waals surface area contributed by atoms with Crippen LogP contribution in [-0.4, -0.2) is 143 Å². The number of pyridine rings is 3. The maximum absolute atomic E-state index is 13.7. The van der Waals surface area contributed by atoms with E-state index in [9.17, 15) is 66.2 Å². The van der Waals surface area contributed by atoms with Gasteiger partial charge in [0.15, 0.2) is 4.90 Å². The monoisotopic (exact) mass is 1570 g/mol. The lowest BCUT2D eigenvalue weighted by Crippen LogP contribution is -2.49. The summed E-state index contributed by atoms with van der Waals surface area (Å²) >= 11 is 21.3. The zero-order valence-electron chi connectivity index (χ0n) is 57.4. The third-order valence-corrected chi connectivity index (χ3v) is 23.2. The molecule has 31 heteroatoms. The van der Waals surface area contributed by atoms with Crippen LogP contribution in [-0.2, 0) is 30.0 Å². The summed E-state index contributed by atoms with van der Waals surface area (Å²) in [4.78, 5) is 114. The van der Waals surface area contributed by atoms with Crippen molar-refractivity contribution in [2.24, 2.45) is 7.05 Å². The van der Waals surface area contributed by atoms with Crippen molar-refractivity contribution < 1.29 is 41.4 Å². The normalized spacial score (nSPS) is 14.0. The molecule has 3 aliphatic rings. The molecule has 3 saturated heterocycles. The Morgan fingerprint density at radius 3 is 1.26 bits per heavy atom. The van der Waals surface area contributed by atoms with Gasteiger partial charge in [0.05, 0.1) is 59.8 Å². The molecule has 0 saturated carbocycles. The van der Waals surface area contributed by atoms with Gasteiger partial charge < -0.3 is 34.0 Å². The predicted molar refractivity (Wildman–Crippen MR) is 416 cm³/mol. The fraction of sp³-hybridized carbons (Fsp3) is 0.195. The fourth-order valence-electron chi connectivity index (χ4n) is 13.6. The van der Waals surface area contributed by atoms with Crippen LogP contribution < -0.4 is 31.4 Å². The van der Waals surface area contributed by atoms with E-state index < -0.39 is 59.4 Å². The van der Waals surface area contributed by atoms with Gasteiger partial charge in [-0.1, -0.05) is 108 Å². The summed E-state index contributed by atoms with van der Waals surface area (Å²) in [5.74, 6) is -1.12. The number of carbonyl (C=O) groups is 3. The molecule has 0 spiro atoms. The van der Waals surface area contributed by atoms with E-state index in [-0.39, 0.29) is 65.1 Å². The number of hydrogen-bond donors (Lipinski definition) is 0. The lowest BCUT2D eigenvalue weighted by atomic mass is 10.1. The number of hydrogen-bond acceptors (Lipinski definition) is 17. The SMILES string of the molecule is Cn1c(=O)c(S(=O)(=O)c2ccccc2)c(N2CCN(C(=O)c3cccs3)CC2)c2ccccc21.O=C(c1ccc(Cl)cc1)N1CCN(c2c([N+](=O)[O-])c(=O)n(Cc3ccc(F)cc3)c3ccc(Cl)cc23)CC1.O=C(c1cccs1)N1CCN(c2c([N+](=O)[O-])c(=O)n(Cc3ccc(F)cc3)c3ccc(Cl)cc23)CC1. The highest BCUT2D eigenvalue weighted by Gasteiger charge is 2.37. The van der Waals surface area contributed by atoms with E-state index in [2.05, 4.69) is 0 Å². The predicted octanol–water partition coefficient (Wildman–Crippen LogP) is 13.5. The number of piperazine rings is 3. The summed E-state index contributed by atoms with van der Waals surface area (Å²) in [7, 11) is -2.49. The van der Waals surface area contributed by atoms with Gasteiger partial charge in [-0.15, -0.1) is 22.7 Å². The number of fused-ring (bicyclic) bond motifs is 3. The maximum Gasteiger partial charge on any atom is 0.357 e. The van der Waals surface area contributed by atoms with E-state index in [1.807, 2.05) is 52.1 Å². The minimum atomic E-state index is -4.08. The second-order valence-electron chi connectivity index (χ2n) is 25.4. The molecule has 23 nitrogen and oxygen atoms in total. The Balaban J connectivity index is 0.000000143. The average molecular weight is 1580 g/mol. The smallest absolute Gasteiger partial charge is 0.357 e. The second-order valence-corrected chi connectivity index (χ2v) is 30.5. The number of halogens is 5. The first-order chi connectivity index (χ1) is 51.9. The standard InChI is InChI=1S/C27H21Cl2FN4O4.C25H20ClFN4O4S.C25H23N3O4S2/c28-19-5-3-18(4-6-19)26(35)32-13-11-31(12-14-32)24-22-15-20(29)7-10-23(22)33(27(36)25(24)34(37)38)16-17-1-8-21(30)9-2-17;26-17-5-8-20-19(14-17)22(28-9-11-29(12-10-28)24(32)21-2-1-13-36-21)23(31(34)35)25(33)30(20)15-16-3-6-18(27)7-4-16;1-26-20-11-6-5-10-19(20)22(23(25(26)30)34(31,32)18-8-3-2-4-9-18)27-13-15-28(16-14-27)24(29)21-12-7-17-33-21/h1-10,15H,11-14,16H2;1-8,13-14H,9-12,15H2;2-12,17H,13-16H2,1H3. The van der Waals surface area contributed by atoms with Gasteiger partial charge in [-0.25, -0.2) is 17.2 Å². The summed E-state index contributed by atoms with van der Waals surface area (Å²) in [5.41, 5.74) is 0.891. The van der Waals surface area contributed by atoms with Crippen molar-refractivity contribution in [3.05, 3.63) is 303 Å². The molecule has 108 heavy (non-hydrogen) atoms. The van der Waals surface area contributed by atoms with Crippen LogP contribution in [0.4, 0.5) is 37.2 Å². The number of thiophene rings is 2. The summed E-state index contributed by atoms with van der Waals surface area (Å²) in [6, 6.07) is 50.2. The zero-order valence-corrected chi connectivity index (χ0v) is 62.1. The highest BCUT2D eigenvalue weighted by molar-refractivity contribution is 7.91. The number of benzene rings is 7. The first kappa shape index (κ1) is 75.1. The number of nitrogens with zero attached hydrogens (tertiary/aromatic N) is 11. The van der Waals surface area contributed by atoms with E-state index in [4.69, 9.17) is 34.8 Å². The number of carbonyl (C=O) groups excluding carboxylic acids is 3. The number of rotatable bonds is 14. The Kier molecular flexibility index (Phi) is 22.3.